The summed E-state index contributed by atoms with van der Waals surface area (Å²) in [4.78, 5) is 37.1. The molecule has 0 spiro atoms. The number of likely N-dealkylation sites (tertiary alicyclic amines) is 1. The van der Waals surface area contributed by atoms with E-state index in [1.54, 1.807) is 24.3 Å². The summed E-state index contributed by atoms with van der Waals surface area (Å²) >= 11 is 0. The van der Waals surface area contributed by atoms with Gasteiger partial charge in [-0.3, -0.25) is 9.59 Å². The van der Waals surface area contributed by atoms with Crippen LogP contribution in [0.25, 0.3) is 0 Å². The Balaban J connectivity index is 1.96. The summed E-state index contributed by atoms with van der Waals surface area (Å²) < 4.78 is 5.06. The third kappa shape index (κ3) is 4.24. The number of hydrogen-bond donors (Lipinski definition) is 2. The average Bonchev–Trinajstić information content (AvgIpc) is 2.59. The third-order valence-corrected chi connectivity index (χ3v) is 4.20. The molecule has 0 saturated carbocycles. The fourth-order valence-corrected chi connectivity index (χ4v) is 2.80. The Bertz CT molecular complexity index is 631. The molecule has 2 unspecified atom stereocenters. The van der Waals surface area contributed by atoms with Gasteiger partial charge in [-0.05, 0) is 37.0 Å². The lowest BCUT2D eigenvalue weighted by atomic mass is 9.92. The molecule has 1 aliphatic heterocycles. The van der Waals surface area contributed by atoms with E-state index < -0.39 is 17.9 Å². The number of hydrogen-bond acceptors (Lipinski definition) is 4. The minimum absolute atomic E-state index is 0.228. The first-order valence-corrected chi connectivity index (χ1v) is 7.87. The van der Waals surface area contributed by atoms with Crippen LogP contribution in [0.5, 0.6) is 5.75 Å². The van der Waals surface area contributed by atoms with Crippen LogP contribution in [-0.4, -0.2) is 54.0 Å². The number of carboxylic acid groups (broad SMARTS) is 1. The van der Waals surface area contributed by atoms with Gasteiger partial charge in [0.1, 0.15) is 11.8 Å². The van der Waals surface area contributed by atoms with Crippen LogP contribution in [0.3, 0.4) is 0 Å². The van der Waals surface area contributed by atoms with Gasteiger partial charge in [-0.1, -0.05) is 13.0 Å². The molecule has 7 nitrogen and oxygen atoms in total. The van der Waals surface area contributed by atoms with Crippen molar-refractivity contribution in [2.24, 2.45) is 5.92 Å². The van der Waals surface area contributed by atoms with Crippen molar-refractivity contribution in [3.05, 3.63) is 29.8 Å². The predicted octanol–water partition coefficient (Wildman–Crippen LogP) is 1.14. The highest BCUT2D eigenvalue weighted by atomic mass is 16.5. The van der Waals surface area contributed by atoms with Gasteiger partial charge in [0, 0.05) is 12.1 Å². The SMILES string of the molecule is COc1cccc(C(=O)NCC(=O)N2CCC(C)CC2C(=O)O)c1. The van der Waals surface area contributed by atoms with Crippen molar-refractivity contribution in [1.82, 2.24) is 10.2 Å². The van der Waals surface area contributed by atoms with E-state index >= 15 is 0 Å². The zero-order chi connectivity index (χ0) is 17.7. The summed E-state index contributed by atoms with van der Waals surface area (Å²) in [6.07, 6.45) is 1.20. The zero-order valence-corrected chi connectivity index (χ0v) is 13.8. The highest BCUT2D eigenvalue weighted by molar-refractivity contribution is 5.97. The second kappa shape index (κ2) is 7.81. The fraction of sp³-hybridized carbons (Fsp3) is 0.471. The number of carbonyl (C=O) groups is 3. The predicted molar refractivity (Wildman–Crippen MR) is 86.9 cm³/mol. The molecule has 2 atom stereocenters. The molecule has 130 valence electrons. The van der Waals surface area contributed by atoms with Crippen molar-refractivity contribution in [3.8, 4) is 5.75 Å². The van der Waals surface area contributed by atoms with Gasteiger partial charge < -0.3 is 20.1 Å². The van der Waals surface area contributed by atoms with E-state index in [1.165, 1.54) is 12.0 Å². The maximum atomic E-state index is 12.3. The Morgan fingerprint density at radius 2 is 2.12 bits per heavy atom. The van der Waals surface area contributed by atoms with E-state index in [4.69, 9.17) is 4.74 Å². The number of methoxy groups -OCH3 is 1. The van der Waals surface area contributed by atoms with Crippen LogP contribution in [-0.2, 0) is 9.59 Å². The van der Waals surface area contributed by atoms with Gasteiger partial charge in [-0.25, -0.2) is 4.79 Å². The summed E-state index contributed by atoms with van der Waals surface area (Å²) in [5, 5.41) is 11.8. The topological polar surface area (TPSA) is 95.9 Å². The summed E-state index contributed by atoms with van der Waals surface area (Å²) in [6, 6.07) is 5.76. The lowest BCUT2D eigenvalue weighted by Gasteiger charge is -2.36. The van der Waals surface area contributed by atoms with E-state index in [-0.39, 0.29) is 18.4 Å². The number of carboxylic acids is 1. The van der Waals surface area contributed by atoms with Crippen molar-refractivity contribution in [2.45, 2.75) is 25.8 Å². The molecular weight excluding hydrogens is 312 g/mol. The monoisotopic (exact) mass is 334 g/mol. The van der Waals surface area contributed by atoms with Crippen molar-refractivity contribution >= 4 is 17.8 Å². The molecule has 7 heteroatoms. The molecule has 0 aromatic heterocycles. The largest absolute Gasteiger partial charge is 0.497 e. The number of carbonyl (C=O) groups excluding carboxylic acids is 2. The van der Waals surface area contributed by atoms with Crippen molar-refractivity contribution in [2.75, 3.05) is 20.2 Å². The van der Waals surface area contributed by atoms with E-state index in [2.05, 4.69) is 5.32 Å². The number of benzene rings is 1. The quantitative estimate of drug-likeness (QED) is 0.842. The molecule has 0 aliphatic carbocycles. The molecule has 2 amide bonds. The van der Waals surface area contributed by atoms with E-state index in [1.807, 2.05) is 6.92 Å². The normalized spacial score (nSPS) is 20.3. The Hall–Kier alpha value is -2.57. The van der Waals surface area contributed by atoms with E-state index in [9.17, 15) is 19.5 Å². The van der Waals surface area contributed by atoms with Gasteiger partial charge in [0.2, 0.25) is 5.91 Å². The first kappa shape index (κ1) is 17.8. The van der Waals surface area contributed by atoms with Gasteiger partial charge in [-0.2, -0.15) is 0 Å². The number of nitrogens with zero attached hydrogens (tertiary/aromatic N) is 1. The molecule has 1 fully saturated rings. The second-order valence-electron chi connectivity index (χ2n) is 5.99. The lowest BCUT2D eigenvalue weighted by molar-refractivity contribution is -0.152. The Labute approximate surface area is 140 Å². The first-order chi connectivity index (χ1) is 11.4. The number of nitrogens with one attached hydrogen (secondary N) is 1. The van der Waals surface area contributed by atoms with Crippen LogP contribution in [0.1, 0.15) is 30.1 Å². The van der Waals surface area contributed by atoms with Crippen LogP contribution >= 0.6 is 0 Å². The molecule has 1 saturated heterocycles. The number of aliphatic carboxylic acids is 1. The number of rotatable bonds is 5. The van der Waals surface area contributed by atoms with Crippen LogP contribution < -0.4 is 10.1 Å². The minimum Gasteiger partial charge on any atom is -0.497 e. The molecule has 24 heavy (non-hydrogen) atoms. The van der Waals surface area contributed by atoms with Crippen molar-refractivity contribution < 1.29 is 24.2 Å². The molecule has 1 aromatic rings. The summed E-state index contributed by atoms with van der Waals surface area (Å²) in [7, 11) is 1.50. The standard InChI is InChI=1S/C17H22N2O5/c1-11-6-7-19(14(8-11)17(22)23)15(20)10-18-16(21)12-4-3-5-13(9-12)24-2/h3-5,9,11,14H,6-8,10H2,1-2H3,(H,18,21)(H,22,23). The highest BCUT2D eigenvalue weighted by Crippen LogP contribution is 2.22. The molecule has 1 aliphatic rings. The van der Waals surface area contributed by atoms with E-state index in [0.29, 0.717) is 24.3 Å². The van der Waals surface area contributed by atoms with Gasteiger partial charge in [0.25, 0.3) is 5.91 Å². The number of ether oxygens (including phenoxy) is 1. The first-order valence-electron chi connectivity index (χ1n) is 7.87. The average molecular weight is 334 g/mol. The fourth-order valence-electron chi connectivity index (χ4n) is 2.80. The molecule has 0 radical (unpaired) electrons. The number of piperidine rings is 1. The smallest absolute Gasteiger partial charge is 0.326 e. The second-order valence-corrected chi connectivity index (χ2v) is 5.99. The van der Waals surface area contributed by atoms with Gasteiger partial charge in [-0.15, -0.1) is 0 Å². The Morgan fingerprint density at radius 3 is 2.79 bits per heavy atom. The molecule has 2 rings (SSSR count). The van der Waals surface area contributed by atoms with Crippen LogP contribution in [0.4, 0.5) is 0 Å². The minimum atomic E-state index is -1.01. The van der Waals surface area contributed by atoms with Gasteiger partial charge in [0.15, 0.2) is 0 Å². The molecule has 1 heterocycles. The molecule has 2 N–H and O–H groups in total. The zero-order valence-electron chi connectivity index (χ0n) is 13.8. The molecule has 1 aromatic carbocycles. The van der Waals surface area contributed by atoms with Crippen LogP contribution in [0, 0.1) is 5.92 Å². The van der Waals surface area contributed by atoms with Gasteiger partial charge >= 0.3 is 5.97 Å². The summed E-state index contributed by atoms with van der Waals surface area (Å²) in [5.41, 5.74) is 0.379. The molecular formula is C17H22N2O5. The van der Waals surface area contributed by atoms with Crippen LogP contribution in [0.15, 0.2) is 24.3 Å². The maximum absolute atomic E-state index is 12.3. The Kier molecular flexibility index (Phi) is 5.78. The number of amides is 2. The summed E-state index contributed by atoms with van der Waals surface area (Å²) in [5.74, 6) is -0.981. The van der Waals surface area contributed by atoms with Crippen LogP contribution in [0.2, 0.25) is 0 Å². The maximum Gasteiger partial charge on any atom is 0.326 e. The van der Waals surface area contributed by atoms with E-state index in [0.717, 1.165) is 6.42 Å². The van der Waals surface area contributed by atoms with Crippen molar-refractivity contribution in [1.29, 1.82) is 0 Å². The van der Waals surface area contributed by atoms with Crippen molar-refractivity contribution in [3.63, 3.8) is 0 Å². The van der Waals surface area contributed by atoms with Gasteiger partial charge in [0.05, 0.1) is 13.7 Å². The Morgan fingerprint density at radius 1 is 1.38 bits per heavy atom. The molecule has 0 bridgehead atoms. The third-order valence-electron chi connectivity index (χ3n) is 4.20. The lowest BCUT2D eigenvalue weighted by Crippen LogP contribution is -2.52. The highest BCUT2D eigenvalue weighted by Gasteiger charge is 2.34. The summed E-state index contributed by atoms with van der Waals surface area (Å²) in [6.45, 7) is 2.14.